The fourth-order valence-electron chi connectivity index (χ4n) is 2.94. The summed E-state index contributed by atoms with van der Waals surface area (Å²) in [6.07, 6.45) is 2.08. The first-order chi connectivity index (χ1) is 5.75. The van der Waals surface area contributed by atoms with Crippen LogP contribution in [0.15, 0.2) is 11.6 Å². The molecule has 1 unspecified atom stereocenters. The molecule has 0 aromatic heterocycles. The van der Waals surface area contributed by atoms with Gasteiger partial charge in [0.2, 0.25) is 0 Å². The minimum absolute atomic E-state index is 0.00804. The molecular weight excluding hydrogens is 193 g/mol. The summed E-state index contributed by atoms with van der Waals surface area (Å²) in [5, 5.41) is 8.89. The Morgan fingerprint density at radius 1 is 1.25 bits per heavy atom. The topological polar surface area (TPSA) is 23.8 Å². The average Bonchev–Trinajstić information content (AvgIpc) is 2.57. The molecule has 0 N–H and O–H groups in total. The number of hydrogen-bond acceptors (Lipinski definition) is 1. The van der Waals surface area contributed by atoms with Crippen LogP contribution >= 0.6 is 23.2 Å². The van der Waals surface area contributed by atoms with Crippen molar-refractivity contribution in [2.24, 2.45) is 23.7 Å². The highest BCUT2D eigenvalue weighted by atomic mass is 35.5. The standard InChI is InChI=1S/C9H7Cl2N/c10-8-5-3(2-12)1-4-6(5)7(4)9(8)11/h1,4-9H/t4-,5+,6?,7-,8-,9-/m1/s1. The van der Waals surface area contributed by atoms with E-state index in [9.17, 15) is 0 Å². The first kappa shape index (κ1) is 7.24. The van der Waals surface area contributed by atoms with Crippen molar-refractivity contribution in [3.05, 3.63) is 11.6 Å². The molecule has 2 fully saturated rings. The van der Waals surface area contributed by atoms with Crippen LogP contribution in [0.3, 0.4) is 0 Å². The predicted octanol–water partition coefficient (Wildman–Crippen LogP) is 2.16. The zero-order valence-electron chi connectivity index (χ0n) is 6.24. The summed E-state index contributed by atoms with van der Waals surface area (Å²) >= 11 is 12.3. The number of nitrogens with zero attached hydrogens (tertiary/aromatic N) is 1. The van der Waals surface area contributed by atoms with E-state index in [0.29, 0.717) is 17.8 Å². The smallest absolute Gasteiger partial charge is 0.0947 e. The summed E-state index contributed by atoms with van der Waals surface area (Å²) in [7, 11) is 0. The summed E-state index contributed by atoms with van der Waals surface area (Å²) in [6.45, 7) is 0. The van der Waals surface area contributed by atoms with Crippen LogP contribution < -0.4 is 0 Å². The SMILES string of the molecule is N#CC1=C[C@@H]2C3[C@@H]2[C@@H](Cl)[C@H](Cl)[C@@H]13. The Kier molecular flexibility index (Phi) is 1.21. The first-order valence-corrected chi connectivity index (χ1v) is 5.03. The molecule has 3 heteroatoms. The van der Waals surface area contributed by atoms with Gasteiger partial charge in [0.05, 0.1) is 16.8 Å². The zero-order valence-corrected chi connectivity index (χ0v) is 7.76. The Hall–Kier alpha value is -0.190. The monoisotopic (exact) mass is 199 g/mol. The zero-order chi connectivity index (χ0) is 8.46. The molecule has 0 aromatic rings. The van der Waals surface area contributed by atoms with Gasteiger partial charge in [-0.3, -0.25) is 0 Å². The van der Waals surface area contributed by atoms with Crippen LogP contribution in [-0.2, 0) is 0 Å². The van der Waals surface area contributed by atoms with Crippen molar-refractivity contribution in [1.29, 1.82) is 5.26 Å². The lowest BCUT2D eigenvalue weighted by Crippen LogP contribution is -2.20. The van der Waals surface area contributed by atoms with E-state index in [0.717, 1.165) is 5.57 Å². The second kappa shape index (κ2) is 2.00. The van der Waals surface area contributed by atoms with E-state index in [1.807, 2.05) is 0 Å². The Balaban J connectivity index is 2.02. The number of allylic oxidation sites excluding steroid dienone is 2. The molecule has 0 amide bonds. The lowest BCUT2D eigenvalue weighted by Gasteiger charge is -2.14. The van der Waals surface area contributed by atoms with E-state index in [1.54, 1.807) is 0 Å². The van der Waals surface area contributed by atoms with Gasteiger partial charge >= 0.3 is 0 Å². The van der Waals surface area contributed by atoms with E-state index < -0.39 is 0 Å². The van der Waals surface area contributed by atoms with Gasteiger partial charge in [-0.1, -0.05) is 6.08 Å². The number of rotatable bonds is 0. The lowest BCUT2D eigenvalue weighted by atomic mass is 9.99. The summed E-state index contributed by atoms with van der Waals surface area (Å²) in [5.41, 5.74) is 0.879. The van der Waals surface area contributed by atoms with Crippen LogP contribution in [-0.4, -0.2) is 10.8 Å². The van der Waals surface area contributed by atoms with E-state index in [1.165, 1.54) is 0 Å². The largest absolute Gasteiger partial charge is 0.193 e. The maximum absolute atomic E-state index is 8.81. The van der Waals surface area contributed by atoms with Gasteiger partial charge in [0.1, 0.15) is 0 Å². The van der Waals surface area contributed by atoms with Crippen LogP contribution in [0.2, 0.25) is 0 Å². The number of halogens is 2. The Labute approximate surface area is 81.0 Å². The predicted molar refractivity (Wildman–Crippen MR) is 46.9 cm³/mol. The van der Waals surface area contributed by atoms with Crippen LogP contribution in [0, 0.1) is 35.0 Å². The van der Waals surface area contributed by atoms with Crippen molar-refractivity contribution in [2.75, 3.05) is 0 Å². The molecule has 0 saturated heterocycles. The van der Waals surface area contributed by atoms with E-state index in [4.69, 9.17) is 28.5 Å². The van der Waals surface area contributed by atoms with E-state index >= 15 is 0 Å². The highest BCUT2D eigenvalue weighted by molar-refractivity contribution is 6.31. The van der Waals surface area contributed by atoms with Crippen molar-refractivity contribution in [1.82, 2.24) is 0 Å². The molecule has 0 heterocycles. The third-order valence-electron chi connectivity index (χ3n) is 3.48. The molecule has 0 bridgehead atoms. The van der Waals surface area contributed by atoms with Gasteiger partial charge in [0.15, 0.2) is 0 Å². The van der Waals surface area contributed by atoms with Crippen LogP contribution in [0.1, 0.15) is 0 Å². The lowest BCUT2D eigenvalue weighted by molar-refractivity contribution is 0.584. The average molecular weight is 200 g/mol. The second-order valence-electron chi connectivity index (χ2n) is 3.88. The third kappa shape index (κ3) is 0.594. The molecule has 12 heavy (non-hydrogen) atoms. The van der Waals surface area contributed by atoms with Gasteiger partial charge in [-0.15, -0.1) is 23.2 Å². The minimum Gasteiger partial charge on any atom is -0.193 e. The summed E-state index contributed by atoms with van der Waals surface area (Å²) in [5.74, 6) is 2.05. The molecule has 3 aliphatic rings. The summed E-state index contributed by atoms with van der Waals surface area (Å²) in [4.78, 5) is 0. The highest BCUT2D eigenvalue weighted by Crippen LogP contribution is 2.69. The highest BCUT2D eigenvalue weighted by Gasteiger charge is 2.69. The number of alkyl halides is 2. The van der Waals surface area contributed by atoms with Gasteiger partial charge in [-0.25, -0.2) is 0 Å². The van der Waals surface area contributed by atoms with Crippen molar-refractivity contribution in [3.8, 4) is 6.07 Å². The van der Waals surface area contributed by atoms with Gasteiger partial charge in [-0.05, 0) is 17.8 Å². The Morgan fingerprint density at radius 2 is 2.00 bits per heavy atom. The van der Waals surface area contributed by atoms with Crippen LogP contribution in [0.25, 0.3) is 0 Å². The molecule has 2 saturated carbocycles. The Bertz CT molecular complexity index is 317. The molecule has 0 radical (unpaired) electrons. The maximum Gasteiger partial charge on any atom is 0.0947 e. The van der Waals surface area contributed by atoms with E-state index in [-0.39, 0.29) is 16.7 Å². The van der Waals surface area contributed by atoms with Crippen LogP contribution in [0.4, 0.5) is 0 Å². The first-order valence-electron chi connectivity index (χ1n) is 4.15. The molecule has 3 rings (SSSR count). The van der Waals surface area contributed by atoms with Crippen LogP contribution in [0.5, 0.6) is 0 Å². The van der Waals surface area contributed by atoms with Crippen molar-refractivity contribution >= 4 is 23.2 Å². The van der Waals surface area contributed by atoms with E-state index in [2.05, 4.69) is 12.1 Å². The molecule has 0 aromatic carbocycles. The molecule has 62 valence electrons. The second-order valence-corrected chi connectivity index (χ2v) is 4.89. The summed E-state index contributed by atoms with van der Waals surface area (Å²) in [6, 6.07) is 2.22. The fraction of sp³-hybridized carbons (Fsp3) is 0.667. The molecule has 0 spiro atoms. The van der Waals surface area contributed by atoms with Gasteiger partial charge in [-0.2, -0.15) is 5.26 Å². The molecule has 6 atom stereocenters. The molecular formula is C9H7Cl2N. The minimum atomic E-state index is -0.00804. The van der Waals surface area contributed by atoms with Crippen molar-refractivity contribution < 1.29 is 0 Å². The number of hydrogen-bond donors (Lipinski definition) is 0. The molecule has 3 aliphatic carbocycles. The normalized spacial score (nSPS) is 59.2. The van der Waals surface area contributed by atoms with Crippen molar-refractivity contribution in [3.63, 3.8) is 0 Å². The third-order valence-corrected chi connectivity index (χ3v) is 4.72. The Morgan fingerprint density at radius 3 is 2.67 bits per heavy atom. The molecule has 0 aliphatic heterocycles. The number of nitriles is 1. The maximum atomic E-state index is 8.81. The van der Waals surface area contributed by atoms with Gasteiger partial charge in [0, 0.05) is 11.5 Å². The van der Waals surface area contributed by atoms with Gasteiger partial charge in [0.25, 0.3) is 0 Å². The number of fused-ring (bicyclic) bond motifs is 1. The quantitative estimate of drug-likeness (QED) is 0.549. The fourth-order valence-corrected chi connectivity index (χ4v) is 3.91. The van der Waals surface area contributed by atoms with Crippen molar-refractivity contribution in [2.45, 2.75) is 10.8 Å². The van der Waals surface area contributed by atoms with Gasteiger partial charge < -0.3 is 0 Å². The molecule has 1 nitrogen and oxygen atoms in total. The summed E-state index contributed by atoms with van der Waals surface area (Å²) < 4.78 is 0.